The first kappa shape index (κ1) is 46.1. The zero-order valence-corrected chi connectivity index (χ0v) is 39.5. The molecule has 6 N–H and O–H groups in total. The Balaban J connectivity index is 0.769. The molecule has 352 valence electrons. The summed E-state index contributed by atoms with van der Waals surface area (Å²) in [5, 5.41) is 36.0. The number of anilines is 3. The van der Waals surface area contributed by atoms with Gasteiger partial charge in [0.1, 0.15) is 11.8 Å². The number of aliphatic hydroxyl groups is 1. The van der Waals surface area contributed by atoms with Crippen molar-refractivity contribution < 1.29 is 24.6 Å². The summed E-state index contributed by atoms with van der Waals surface area (Å²) in [6, 6.07) is 15.9. The normalized spacial score (nSPS) is 23.3. The van der Waals surface area contributed by atoms with Gasteiger partial charge in [0.25, 0.3) is 0 Å². The molecule has 2 bridgehead atoms. The first-order valence-electron chi connectivity index (χ1n) is 23.5. The maximum atomic E-state index is 14.3. The third-order valence-corrected chi connectivity index (χ3v) is 15.2. The maximum absolute atomic E-state index is 14.3. The Hall–Kier alpha value is -6.04. The molecule has 6 heterocycles. The molecule has 16 nitrogen and oxygen atoms in total. The van der Waals surface area contributed by atoms with Crippen molar-refractivity contribution in [1.29, 1.82) is 0 Å². The Morgan fingerprint density at radius 1 is 0.910 bits per heavy atom. The van der Waals surface area contributed by atoms with Crippen LogP contribution in [-0.2, 0) is 20.9 Å². The molecule has 3 saturated heterocycles. The van der Waals surface area contributed by atoms with Gasteiger partial charge in [-0.05, 0) is 91.7 Å². The molecular weight excluding hydrogens is 867 g/mol. The third kappa shape index (κ3) is 9.86. The van der Waals surface area contributed by atoms with Gasteiger partial charge in [-0.2, -0.15) is 0 Å². The number of aliphatic hydroxyl groups excluding tert-OH is 1. The molecule has 3 aromatic heterocycles. The number of amides is 2. The van der Waals surface area contributed by atoms with Crippen LogP contribution in [0.5, 0.6) is 5.75 Å². The van der Waals surface area contributed by atoms with E-state index < -0.39 is 23.6 Å². The van der Waals surface area contributed by atoms with Gasteiger partial charge in [-0.1, -0.05) is 57.2 Å². The Kier molecular flexibility index (Phi) is 13.3. The number of phenols is 1. The molecule has 17 heteroatoms. The van der Waals surface area contributed by atoms with Crippen molar-refractivity contribution in [3.63, 3.8) is 0 Å². The lowest BCUT2D eigenvalue weighted by Crippen LogP contribution is -2.58. The summed E-state index contributed by atoms with van der Waals surface area (Å²) < 4.78 is 0. The molecule has 0 radical (unpaired) electrons. The van der Waals surface area contributed by atoms with Crippen molar-refractivity contribution in [2.45, 2.75) is 115 Å². The van der Waals surface area contributed by atoms with Gasteiger partial charge < -0.3 is 41.3 Å². The van der Waals surface area contributed by atoms with E-state index in [1.807, 2.05) is 75.9 Å². The summed E-state index contributed by atoms with van der Waals surface area (Å²) in [5.41, 5.74) is 13.7. The minimum atomic E-state index is -0.870. The first-order chi connectivity index (χ1) is 32.2. The number of fused-ring (bicyclic) bond motifs is 2. The number of aromatic hydroxyl groups is 1. The average molecular weight is 928 g/mol. The highest BCUT2D eigenvalue weighted by atomic mass is 32.1. The molecule has 1 saturated carbocycles. The Morgan fingerprint density at radius 2 is 1.61 bits per heavy atom. The quantitative estimate of drug-likeness (QED) is 0.0967. The number of benzene rings is 2. The number of carbonyl (C=O) groups excluding carboxylic acids is 3. The largest absolute Gasteiger partial charge is 0.507 e. The van der Waals surface area contributed by atoms with Crippen LogP contribution >= 0.6 is 11.3 Å². The lowest BCUT2D eigenvalue weighted by molar-refractivity contribution is -0.144. The number of hydrogen-bond donors (Lipinski definition) is 5. The molecule has 4 aliphatic rings. The summed E-state index contributed by atoms with van der Waals surface area (Å²) in [7, 11) is 0. The lowest BCUT2D eigenvalue weighted by Gasteiger charge is -2.42. The second-order valence-corrected chi connectivity index (χ2v) is 20.7. The Labute approximate surface area is 395 Å². The number of aromatic nitrogens is 5. The van der Waals surface area contributed by atoms with Crippen LogP contribution in [0.25, 0.3) is 21.7 Å². The highest BCUT2D eigenvalue weighted by Gasteiger charge is 2.45. The van der Waals surface area contributed by atoms with E-state index in [0.29, 0.717) is 42.4 Å². The number of hydrogen-bond acceptors (Lipinski definition) is 15. The number of carbonyl (C=O) groups is 3. The van der Waals surface area contributed by atoms with E-state index in [4.69, 9.17) is 15.7 Å². The predicted octanol–water partition coefficient (Wildman–Crippen LogP) is 5.64. The minimum Gasteiger partial charge on any atom is -0.507 e. The highest BCUT2D eigenvalue weighted by molar-refractivity contribution is 7.13. The number of para-hydroxylation sites is 1. The van der Waals surface area contributed by atoms with E-state index in [1.54, 1.807) is 23.5 Å². The van der Waals surface area contributed by atoms with E-state index in [1.165, 1.54) is 4.90 Å². The number of ketones is 1. The number of β-amino-alcohol motifs (C(OH)–C–C–N with tert-alkyl or cyclic N) is 1. The molecular formula is C50H61N11O5S. The average Bonchev–Trinajstić information content (AvgIpc) is 4.02. The zero-order chi connectivity index (χ0) is 47.0. The molecule has 2 aromatic carbocycles. The monoisotopic (exact) mass is 927 g/mol. The molecule has 3 aliphatic heterocycles. The summed E-state index contributed by atoms with van der Waals surface area (Å²) in [4.78, 5) is 63.2. The van der Waals surface area contributed by atoms with E-state index in [-0.39, 0.29) is 66.8 Å². The van der Waals surface area contributed by atoms with Gasteiger partial charge in [-0.3, -0.25) is 14.4 Å². The molecule has 67 heavy (non-hydrogen) atoms. The number of nitrogens with two attached hydrogens (primary N) is 1. The second-order valence-electron chi connectivity index (χ2n) is 19.8. The SMILES string of the molecule is Cc1ncsc1-c1ccc(CNCC(=O)[C@@H]2C[C@@H](O)CN2C(=O)[C@@H](NC(=O)C2CCC(c3cnc(N4C5CCC4CN(c4cc(-c6ccccc6O)nnc4N)C5)nc3)CC2)C(C)(C)C)cc1. The third-order valence-electron chi connectivity index (χ3n) is 14.2. The predicted molar refractivity (Wildman–Crippen MR) is 258 cm³/mol. The van der Waals surface area contributed by atoms with E-state index in [0.717, 1.165) is 71.7 Å². The minimum absolute atomic E-state index is 0.0425. The number of aryl methyl sites for hydroxylation is 1. The van der Waals surface area contributed by atoms with Crippen LogP contribution in [-0.4, -0.2) is 114 Å². The standard InChI is InChI=1S/C50H61N11O5S/c1-29-44(67-28-55-29)32-11-9-30(10-12-32)21-52-24-43(64)40-19-37(62)27-60(40)48(66)45(50(2,3)4)56-47(65)33-15-13-31(14-16-33)34-22-53-49(54-23-34)61-35-17-18-36(61)26-59(25-35)41-20-39(57-58-46(41)51)38-7-5-6-8-42(38)63/h5-12,20,22-23,28,31,33,35-37,40,45,52,62-63H,13-19,21,24-27H2,1-4H3,(H2,51,58)(H,56,65)/t31?,33?,35?,36?,37-,40+,45-/m1/s1. The number of phenolic OH excluding ortho intramolecular Hbond substituents is 1. The van der Waals surface area contributed by atoms with Crippen LogP contribution < -0.4 is 26.2 Å². The van der Waals surface area contributed by atoms with Gasteiger partial charge >= 0.3 is 0 Å². The van der Waals surface area contributed by atoms with Crippen LogP contribution in [0.3, 0.4) is 0 Å². The molecule has 5 aromatic rings. The van der Waals surface area contributed by atoms with Gasteiger partial charge in [-0.15, -0.1) is 21.5 Å². The van der Waals surface area contributed by atoms with Crippen molar-refractivity contribution >= 4 is 46.4 Å². The fourth-order valence-corrected chi connectivity index (χ4v) is 11.3. The summed E-state index contributed by atoms with van der Waals surface area (Å²) in [6.45, 7) is 9.76. The Morgan fingerprint density at radius 3 is 2.27 bits per heavy atom. The van der Waals surface area contributed by atoms with E-state index in [9.17, 15) is 24.6 Å². The first-order valence-corrected chi connectivity index (χ1v) is 24.4. The van der Waals surface area contributed by atoms with Crippen LogP contribution in [0.15, 0.2) is 72.5 Å². The van der Waals surface area contributed by atoms with Crippen LogP contribution in [0.2, 0.25) is 0 Å². The number of nitrogens with zero attached hydrogens (tertiary/aromatic N) is 8. The number of nitrogen functional groups attached to an aromatic ring is 1. The van der Waals surface area contributed by atoms with Gasteiger partial charge in [0.15, 0.2) is 11.6 Å². The molecule has 4 fully saturated rings. The summed E-state index contributed by atoms with van der Waals surface area (Å²) in [5.74, 6) is 0.491. The fourth-order valence-electron chi connectivity index (χ4n) is 10.5. The van der Waals surface area contributed by atoms with Gasteiger partial charge in [0.05, 0.1) is 46.2 Å². The molecule has 2 unspecified atom stereocenters. The van der Waals surface area contributed by atoms with Gasteiger partial charge in [0, 0.05) is 68.6 Å². The van der Waals surface area contributed by atoms with Crippen LogP contribution in [0.1, 0.15) is 88.5 Å². The lowest BCUT2D eigenvalue weighted by atomic mass is 9.78. The fraction of sp³-hybridized carbons (Fsp3) is 0.480. The molecule has 0 spiro atoms. The molecule has 5 atom stereocenters. The van der Waals surface area contributed by atoms with Gasteiger partial charge in [0.2, 0.25) is 17.8 Å². The summed E-state index contributed by atoms with van der Waals surface area (Å²) >= 11 is 1.60. The van der Waals surface area contributed by atoms with Crippen LogP contribution in [0, 0.1) is 18.3 Å². The van der Waals surface area contributed by atoms with Crippen LogP contribution in [0.4, 0.5) is 17.5 Å². The zero-order valence-electron chi connectivity index (χ0n) is 38.6. The smallest absolute Gasteiger partial charge is 0.246 e. The van der Waals surface area contributed by atoms with Crippen molar-refractivity contribution in [3.05, 3.63) is 89.3 Å². The molecule has 9 rings (SSSR count). The molecule has 2 amide bonds. The molecule has 1 aliphatic carbocycles. The van der Waals surface area contributed by atoms with E-state index >= 15 is 0 Å². The van der Waals surface area contributed by atoms with Gasteiger partial charge in [-0.25, -0.2) is 15.0 Å². The Bertz CT molecular complexity index is 2560. The number of thiazole rings is 1. The van der Waals surface area contributed by atoms with Crippen molar-refractivity contribution in [2.75, 3.05) is 41.7 Å². The van der Waals surface area contributed by atoms with E-state index in [2.05, 4.69) is 47.7 Å². The van der Waals surface area contributed by atoms with Crippen molar-refractivity contribution in [1.82, 2.24) is 40.7 Å². The topological polar surface area (TPSA) is 216 Å². The van der Waals surface area contributed by atoms with Crippen molar-refractivity contribution in [3.8, 4) is 27.4 Å². The second kappa shape index (κ2) is 19.3. The maximum Gasteiger partial charge on any atom is 0.246 e. The summed E-state index contributed by atoms with van der Waals surface area (Å²) in [6.07, 6.45) is 8.14. The van der Waals surface area contributed by atoms with Crippen molar-refractivity contribution in [2.24, 2.45) is 11.3 Å². The number of piperazine rings is 1. The number of likely N-dealkylation sites (tertiary alicyclic amines) is 1. The number of Topliss-reactive ketones (excluding diaryl/α,β-unsaturated/α-hetero) is 1. The highest BCUT2D eigenvalue weighted by Crippen LogP contribution is 2.40. The number of rotatable bonds is 13. The number of nitrogens with one attached hydrogen (secondary N) is 2.